The van der Waals surface area contributed by atoms with Crippen LogP contribution >= 0.6 is 11.6 Å². The number of nitrogens with two attached hydrogens (primary N) is 1. The molecule has 1 heterocycles. The smallest absolute Gasteiger partial charge is 0.294 e. The molecule has 0 aromatic heterocycles. The van der Waals surface area contributed by atoms with Crippen LogP contribution in [0.2, 0.25) is 5.02 Å². The van der Waals surface area contributed by atoms with E-state index in [1.165, 1.54) is 11.0 Å². The van der Waals surface area contributed by atoms with Crippen molar-refractivity contribution in [1.82, 2.24) is 0 Å². The summed E-state index contributed by atoms with van der Waals surface area (Å²) in [4.78, 5) is 23.7. The number of fused-ring (bicyclic) bond motifs is 1. The minimum atomic E-state index is -0.521. The number of carbonyl (C=O) groups excluding carboxylic acids is 1. The lowest BCUT2D eigenvalue weighted by molar-refractivity contribution is -0.384. The lowest BCUT2D eigenvalue weighted by Gasteiger charge is -2.28. The number of carbonyl (C=O) groups is 1. The number of anilines is 1. The van der Waals surface area contributed by atoms with Crippen LogP contribution in [-0.4, -0.2) is 23.9 Å². The molecule has 0 saturated heterocycles. The van der Waals surface area contributed by atoms with E-state index in [1.54, 1.807) is 6.07 Å². The Morgan fingerprint density at radius 2 is 2.28 bits per heavy atom. The highest BCUT2D eigenvalue weighted by atomic mass is 35.5. The normalized spacial score (nSPS) is 14.2. The molecule has 1 aliphatic rings. The fourth-order valence-corrected chi connectivity index (χ4v) is 2.42. The summed E-state index contributed by atoms with van der Waals surface area (Å²) in [6.45, 7) is 0.282. The molecule has 0 bridgehead atoms. The first-order valence-corrected chi connectivity index (χ1v) is 5.89. The number of rotatable bonds is 2. The number of nitro benzene ring substituents is 1. The summed E-state index contributed by atoms with van der Waals surface area (Å²) >= 11 is 5.85. The van der Waals surface area contributed by atoms with Gasteiger partial charge >= 0.3 is 0 Å². The third kappa shape index (κ3) is 2.16. The van der Waals surface area contributed by atoms with E-state index in [0.717, 1.165) is 12.0 Å². The zero-order valence-electron chi connectivity index (χ0n) is 9.56. The van der Waals surface area contributed by atoms with Crippen LogP contribution in [0.1, 0.15) is 12.0 Å². The second-order valence-corrected chi connectivity index (χ2v) is 4.48. The average molecular weight is 270 g/mol. The molecule has 0 fully saturated rings. The number of benzene rings is 1. The van der Waals surface area contributed by atoms with Gasteiger partial charge in [0.05, 0.1) is 11.5 Å². The Morgan fingerprint density at radius 1 is 1.56 bits per heavy atom. The highest BCUT2D eigenvalue weighted by Crippen LogP contribution is 2.38. The highest BCUT2D eigenvalue weighted by Gasteiger charge is 2.30. The number of amides is 1. The van der Waals surface area contributed by atoms with Gasteiger partial charge in [-0.2, -0.15) is 0 Å². The molecule has 2 rings (SSSR count). The number of halogens is 1. The van der Waals surface area contributed by atoms with E-state index in [2.05, 4.69) is 0 Å². The van der Waals surface area contributed by atoms with Crippen molar-refractivity contribution < 1.29 is 9.72 Å². The molecule has 1 aromatic carbocycles. The van der Waals surface area contributed by atoms with Crippen LogP contribution in [0.5, 0.6) is 0 Å². The lowest BCUT2D eigenvalue weighted by Crippen LogP contribution is -2.39. The van der Waals surface area contributed by atoms with Crippen molar-refractivity contribution >= 4 is 28.9 Å². The Morgan fingerprint density at radius 3 is 2.89 bits per heavy atom. The van der Waals surface area contributed by atoms with Crippen LogP contribution in [0.3, 0.4) is 0 Å². The molecule has 1 aliphatic heterocycles. The van der Waals surface area contributed by atoms with Crippen molar-refractivity contribution in [1.29, 1.82) is 0 Å². The molecule has 1 amide bonds. The first kappa shape index (κ1) is 12.8. The zero-order chi connectivity index (χ0) is 13.3. The van der Waals surface area contributed by atoms with Gasteiger partial charge in [-0.05, 0) is 24.5 Å². The zero-order valence-corrected chi connectivity index (χ0v) is 10.3. The average Bonchev–Trinajstić information content (AvgIpc) is 2.35. The summed E-state index contributed by atoms with van der Waals surface area (Å²) in [6.07, 6.45) is 1.42. The summed E-state index contributed by atoms with van der Waals surface area (Å²) in [5.74, 6) is -0.318. The maximum Gasteiger partial charge on any atom is 0.294 e. The van der Waals surface area contributed by atoms with Gasteiger partial charge in [-0.25, -0.2) is 0 Å². The minimum Gasteiger partial charge on any atom is -0.322 e. The van der Waals surface area contributed by atoms with Gasteiger partial charge in [0.1, 0.15) is 5.69 Å². The first-order valence-electron chi connectivity index (χ1n) is 5.52. The molecule has 18 heavy (non-hydrogen) atoms. The predicted molar refractivity (Wildman–Crippen MR) is 67.8 cm³/mol. The van der Waals surface area contributed by atoms with Gasteiger partial charge in [-0.3, -0.25) is 14.9 Å². The van der Waals surface area contributed by atoms with Crippen LogP contribution in [0, 0.1) is 10.1 Å². The molecule has 1 aromatic rings. The highest BCUT2D eigenvalue weighted by molar-refractivity contribution is 6.31. The maximum absolute atomic E-state index is 11.7. The number of nitro groups is 1. The molecule has 0 unspecified atom stereocenters. The summed E-state index contributed by atoms with van der Waals surface area (Å²) in [6, 6.07) is 2.93. The molecule has 7 heteroatoms. The summed E-state index contributed by atoms with van der Waals surface area (Å²) < 4.78 is 0. The molecule has 6 nitrogen and oxygen atoms in total. The lowest BCUT2D eigenvalue weighted by atomic mass is 10.00. The second kappa shape index (κ2) is 4.91. The largest absolute Gasteiger partial charge is 0.322 e. The van der Waals surface area contributed by atoms with E-state index >= 15 is 0 Å². The number of hydrogen-bond acceptors (Lipinski definition) is 4. The molecule has 2 N–H and O–H groups in total. The van der Waals surface area contributed by atoms with Crippen molar-refractivity contribution in [3.05, 3.63) is 32.8 Å². The predicted octanol–water partition coefficient (Wildman–Crippen LogP) is 1.49. The summed E-state index contributed by atoms with van der Waals surface area (Å²) in [5, 5.41) is 11.4. The summed E-state index contributed by atoms with van der Waals surface area (Å²) in [5.41, 5.74) is 6.25. The minimum absolute atomic E-state index is 0.140. The van der Waals surface area contributed by atoms with Crippen LogP contribution < -0.4 is 10.6 Å². The molecule has 0 spiro atoms. The van der Waals surface area contributed by atoms with Crippen LogP contribution in [0.15, 0.2) is 12.1 Å². The van der Waals surface area contributed by atoms with Gasteiger partial charge in [0.2, 0.25) is 5.91 Å². The second-order valence-electron chi connectivity index (χ2n) is 4.04. The molecule has 96 valence electrons. The van der Waals surface area contributed by atoms with Gasteiger partial charge in [0.25, 0.3) is 5.69 Å². The fourth-order valence-electron chi connectivity index (χ4n) is 2.18. The van der Waals surface area contributed by atoms with Crippen molar-refractivity contribution in [3.63, 3.8) is 0 Å². The van der Waals surface area contributed by atoms with Gasteiger partial charge in [0.15, 0.2) is 0 Å². The topological polar surface area (TPSA) is 89.5 Å². The fraction of sp³-hybridized carbons (Fsp3) is 0.364. The van der Waals surface area contributed by atoms with E-state index in [9.17, 15) is 14.9 Å². The number of hydrogen-bond donors (Lipinski definition) is 1. The monoisotopic (exact) mass is 269 g/mol. The summed E-state index contributed by atoms with van der Waals surface area (Å²) in [7, 11) is 0. The van der Waals surface area contributed by atoms with Crippen molar-refractivity contribution in [2.75, 3.05) is 18.0 Å². The maximum atomic E-state index is 11.7. The van der Waals surface area contributed by atoms with Crippen LogP contribution in [0.4, 0.5) is 11.4 Å². The Bertz CT molecular complexity index is 519. The molecular formula is C11H12ClN3O3. The number of aryl methyl sites for hydroxylation is 1. The number of nitrogens with zero attached hydrogens (tertiary/aromatic N) is 2. The van der Waals surface area contributed by atoms with Gasteiger partial charge in [-0.1, -0.05) is 11.6 Å². The molecule has 0 saturated carbocycles. The molecule has 0 aliphatic carbocycles. The molecule has 0 radical (unpaired) electrons. The molecular weight excluding hydrogens is 258 g/mol. The van der Waals surface area contributed by atoms with Gasteiger partial charge in [0, 0.05) is 17.6 Å². The van der Waals surface area contributed by atoms with E-state index < -0.39 is 4.92 Å². The van der Waals surface area contributed by atoms with Gasteiger partial charge in [-0.15, -0.1) is 0 Å². The molecule has 0 atom stereocenters. The van der Waals surface area contributed by atoms with Crippen LogP contribution in [-0.2, 0) is 11.2 Å². The Kier molecular flexibility index (Phi) is 3.49. The van der Waals surface area contributed by atoms with E-state index in [4.69, 9.17) is 17.3 Å². The van der Waals surface area contributed by atoms with Crippen molar-refractivity contribution in [2.24, 2.45) is 5.73 Å². The van der Waals surface area contributed by atoms with Crippen molar-refractivity contribution in [2.45, 2.75) is 12.8 Å². The quantitative estimate of drug-likeness (QED) is 0.650. The van der Waals surface area contributed by atoms with E-state index in [0.29, 0.717) is 23.7 Å². The Hall–Kier alpha value is -1.66. The van der Waals surface area contributed by atoms with Crippen molar-refractivity contribution in [3.8, 4) is 0 Å². The first-order chi connectivity index (χ1) is 8.54. The Balaban J connectivity index is 2.60. The van der Waals surface area contributed by atoms with E-state index in [1.807, 2.05) is 0 Å². The Labute approximate surface area is 108 Å². The van der Waals surface area contributed by atoms with Gasteiger partial charge < -0.3 is 10.6 Å². The third-order valence-electron chi connectivity index (χ3n) is 2.90. The van der Waals surface area contributed by atoms with Crippen LogP contribution in [0.25, 0.3) is 0 Å². The van der Waals surface area contributed by atoms with E-state index in [-0.39, 0.29) is 18.1 Å². The standard InChI is InChI=1S/C11H12ClN3O3/c12-8-4-7-2-1-3-14(10(16)6-13)11(7)9(5-8)15(17)18/h4-5H,1-3,6,13H2. The third-order valence-corrected chi connectivity index (χ3v) is 3.12. The SMILES string of the molecule is NCC(=O)N1CCCc2cc(Cl)cc([N+](=O)[O-])c21.